The Labute approximate surface area is 178 Å². The van der Waals surface area contributed by atoms with Crippen molar-refractivity contribution in [1.82, 2.24) is 5.48 Å². The van der Waals surface area contributed by atoms with Gasteiger partial charge in [-0.15, -0.1) is 0 Å². The third-order valence-corrected chi connectivity index (χ3v) is 4.05. The molecule has 2 rings (SSSR count). The van der Waals surface area contributed by atoms with E-state index >= 15 is 0 Å². The second-order valence-electron chi connectivity index (χ2n) is 6.28. The van der Waals surface area contributed by atoms with E-state index in [1.807, 2.05) is 25.2 Å². The molecule has 9 nitrogen and oxygen atoms in total. The van der Waals surface area contributed by atoms with Gasteiger partial charge in [-0.3, -0.25) is 14.8 Å². The number of hydroxylamine groups is 1. The predicted octanol–water partition coefficient (Wildman–Crippen LogP) is 3.27. The number of allylic oxidation sites excluding steroid dienone is 5. The molecule has 0 heterocycles. The van der Waals surface area contributed by atoms with Gasteiger partial charge in [-0.2, -0.15) is 0 Å². The Morgan fingerprint density at radius 1 is 1.06 bits per heavy atom. The highest BCUT2D eigenvalue weighted by Gasteiger charge is 2.17. The molecule has 0 aliphatic rings. The summed E-state index contributed by atoms with van der Waals surface area (Å²) < 4.78 is 5.56. The number of aromatic hydroxyl groups is 3. The van der Waals surface area contributed by atoms with Gasteiger partial charge in [0.2, 0.25) is 5.75 Å². The van der Waals surface area contributed by atoms with E-state index in [0.29, 0.717) is 12.0 Å². The summed E-state index contributed by atoms with van der Waals surface area (Å²) in [6.45, 7) is 5.62. The highest BCUT2D eigenvalue weighted by atomic mass is 16.5. The smallest absolute Gasteiger partial charge is 0.332 e. The fourth-order valence-corrected chi connectivity index (χ4v) is 2.54. The maximum absolute atomic E-state index is 11.5. The normalized spacial score (nSPS) is 11.2. The number of anilines is 1. The van der Waals surface area contributed by atoms with Gasteiger partial charge < -0.3 is 25.4 Å². The molecule has 2 aromatic carbocycles. The number of ether oxygens (including phenoxy) is 1. The number of hydrogen-bond donors (Lipinski definition) is 6. The number of hydrogen-bond acceptors (Lipinski definition) is 7. The number of phenolic OH excluding ortho intramolecular Hbond substituents is 3. The van der Waals surface area contributed by atoms with Gasteiger partial charge >= 0.3 is 11.8 Å². The number of carbonyl (C=O) groups excluding carboxylic acids is 2. The first kappa shape index (κ1) is 23.0. The fourth-order valence-electron chi connectivity index (χ4n) is 2.54. The quantitative estimate of drug-likeness (QED) is 0.172. The van der Waals surface area contributed by atoms with Crippen molar-refractivity contribution in [3.05, 3.63) is 72.4 Å². The molecule has 0 fully saturated rings. The van der Waals surface area contributed by atoms with E-state index in [9.17, 15) is 24.9 Å². The lowest BCUT2D eigenvalue weighted by Crippen LogP contribution is -2.33. The highest BCUT2D eigenvalue weighted by molar-refractivity contribution is 6.39. The van der Waals surface area contributed by atoms with Gasteiger partial charge in [0.25, 0.3) is 0 Å². The third kappa shape index (κ3) is 6.12. The summed E-state index contributed by atoms with van der Waals surface area (Å²) in [6, 6.07) is 6.51. The molecule has 0 unspecified atom stereocenters. The number of carbonyl (C=O) groups is 2. The maximum Gasteiger partial charge on any atom is 0.332 e. The second-order valence-corrected chi connectivity index (χ2v) is 6.28. The molecule has 0 aliphatic carbocycles. The lowest BCUT2D eigenvalue weighted by molar-refractivity contribution is -0.141. The molecule has 9 heteroatoms. The van der Waals surface area contributed by atoms with Crippen LogP contribution >= 0.6 is 0 Å². The number of benzene rings is 2. The van der Waals surface area contributed by atoms with E-state index in [-0.39, 0.29) is 22.9 Å². The minimum Gasteiger partial charge on any atom is -0.508 e. The van der Waals surface area contributed by atoms with Crippen molar-refractivity contribution in [3.63, 3.8) is 0 Å². The summed E-state index contributed by atoms with van der Waals surface area (Å²) >= 11 is 0. The molecule has 0 aromatic heterocycles. The van der Waals surface area contributed by atoms with Crippen LogP contribution in [-0.2, 0) is 16.0 Å². The summed E-state index contributed by atoms with van der Waals surface area (Å²) in [5.41, 5.74) is 2.44. The van der Waals surface area contributed by atoms with Gasteiger partial charge in [-0.25, -0.2) is 5.48 Å². The zero-order valence-electron chi connectivity index (χ0n) is 16.6. The zero-order valence-corrected chi connectivity index (χ0v) is 16.6. The van der Waals surface area contributed by atoms with E-state index in [2.05, 4.69) is 11.9 Å². The molecule has 0 radical (unpaired) electrons. The Morgan fingerprint density at radius 3 is 2.32 bits per heavy atom. The van der Waals surface area contributed by atoms with Gasteiger partial charge in [0.1, 0.15) is 11.5 Å². The van der Waals surface area contributed by atoms with Crippen molar-refractivity contribution in [2.75, 3.05) is 5.32 Å². The van der Waals surface area contributed by atoms with Gasteiger partial charge in [0, 0.05) is 29.8 Å². The molecule has 162 valence electrons. The van der Waals surface area contributed by atoms with Crippen molar-refractivity contribution < 1.29 is 34.9 Å². The lowest BCUT2D eigenvalue weighted by Gasteiger charge is -2.13. The van der Waals surface area contributed by atoms with Gasteiger partial charge in [0.15, 0.2) is 11.5 Å². The Morgan fingerprint density at radius 2 is 1.74 bits per heavy atom. The summed E-state index contributed by atoms with van der Waals surface area (Å²) in [6.07, 6.45) is 7.58. The molecule has 2 aromatic rings. The first-order valence-electron chi connectivity index (χ1n) is 9.04. The average Bonchev–Trinajstić information content (AvgIpc) is 2.74. The van der Waals surface area contributed by atoms with Crippen LogP contribution in [0.4, 0.5) is 5.69 Å². The van der Waals surface area contributed by atoms with Gasteiger partial charge in [-0.1, -0.05) is 30.9 Å². The van der Waals surface area contributed by atoms with Crippen molar-refractivity contribution in [1.29, 1.82) is 0 Å². The summed E-state index contributed by atoms with van der Waals surface area (Å²) in [4.78, 5) is 22.5. The maximum atomic E-state index is 11.5. The van der Waals surface area contributed by atoms with Crippen LogP contribution in [0.5, 0.6) is 28.7 Å². The minimum absolute atomic E-state index is 0.0363. The molecule has 0 aliphatic heterocycles. The average molecular weight is 426 g/mol. The number of rotatable bonds is 7. The fraction of sp³-hybridized carbons (Fsp3) is 0.0909. The summed E-state index contributed by atoms with van der Waals surface area (Å²) in [5, 5.41) is 41.0. The SMILES string of the molecule is C=C/C(=C\C=C/C)Cc1cc(Oc2c(O)cc(NC(=O)C(=O)NO)cc2O)ccc1O. The van der Waals surface area contributed by atoms with Crippen molar-refractivity contribution in [2.24, 2.45) is 0 Å². The van der Waals surface area contributed by atoms with Crippen LogP contribution in [0.15, 0.2) is 66.8 Å². The molecule has 6 N–H and O–H groups in total. The Balaban J connectivity index is 2.27. The zero-order chi connectivity index (χ0) is 23.0. The molecule has 0 spiro atoms. The van der Waals surface area contributed by atoms with Crippen LogP contribution < -0.4 is 15.5 Å². The van der Waals surface area contributed by atoms with Crippen LogP contribution in [0.25, 0.3) is 0 Å². The highest BCUT2D eigenvalue weighted by Crippen LogP contribution is 2.42. The molecule has 0 atom stereocenters. The van der Waals surface area contributed by atoms with E-state index in [0.717, 1.165) is 23.2 Å². The van der Waals surface area contributed by atoms with Gasteiger partial charge in [-0.05, 0) is 30.7 Å². The van der Waals surface area contributed by atoms with Crippen LogP contribution in [0.2, 0.25) is 0 Å². The molecule has 0 bridgehead atoms. The first-order chi connectivity index (χ1) is 14.8. The lowest BCUT2D eigenvalue weighted by atomic mass is 10.0. The minimum atomic E-state index is -1.32. The second kappa shape index (κ2) is 10.5. The monoisotopic (exact) mass is 426 g/mol. The topological polar surface area (TPSA) is 148 Å². The van der Waals surface area contributed by atoms with Crippen LogP contribution in [-0.4, -0.2) is 32.3 Å². The molecule has 31 heavy (non-hydrogen) atoms. The van der Waals surface area contributed by atoms with Crippen LogP contribution in [0.1, 0.15) is 12.5 Å². The Bertz CT molecular complexity index is 1030. The predicted molar refractivity (Wildman–Crippen MR) is 113 cm³/mol. The molecule has 2 amide bonds. The van der Waals surface area contributed by atoms with Crippen molar-refractivity contribution >= 4 is 17.5 Å². The van der Waals surface area contributed by atoms with E-state index in [1.54, 1.807) is 12.1 Å². The molecule has 0 saturated heterocycles. The Kier molecular flexibility index (Phi) is 7.81. The largest absolute Gasteiger partial charge is 0.508 e. The van der Waals surface area contributed by atoms with E-state index in [1.165, 1.54) is 12.1 Å². The third-order valence-electron chi connectivity index (χ3n) is 4.05. The number of nitrogens with one attached hydrogen (secondary N) is 2. The molecule has 0 saturated carbocycles. The summed E-state index contributed by atoms with van der Waals surface area (Å²) in [5.74, 6) is -3.60. The molecular weight excluding hydrogens is 404 g/mol. The van der Waals surface area contributed by atoms with Crippen molar-refractivity contribution in [3.8, 4) is 28.7 Å². The number of amides is 2. The molecular formula is C22H22N2O7. The van der Waals surface area contributed by atoms with E-state index in [4.69, 9.17) is 9.94 Å². The van der Waals surface area contributed by atoms with Gasteiger partial charge in [0.05, 0.1) is 0 Å². The van der Waals surface area contributed by atoms with Crippen LogP contribution in [0.3, 0.4) is 0 Å². The number of phenols is 3. The van der Waals surface area contributed by atoms with Crippen molar-refractivity contribution in [2.45, 2.75) is 13.3 Å². The Hall–Kier alpha value is -4.24. The standard InChI is InChI=1S/C22H22N2O7/c1-3-5-6-13(4-2)9-14-10-16(7-8-17(14)25)31-20-18(26)11-15(12-19(20)27)23-21(28)22(29)24-30/h3-8,10-12,25-27,30H,2,9H2,1H3,(H,23,28)(H,24,29)/b5-3-,13-6+. The first-order valence-corrected chi connectivity index (χ1v) is 9.04. The van der Waals surface area contributed by atoms with E-state index < -0.39 is 23.3 Å². The summed E-state index contributed by atoms with van der Waals surface area (Å²) in [7, 11) is 0. The van der Waals surface area contributed by atoms with Crippen LogP contribution in [0, 0.1) is 0 Å².